The average Bonchev–Trinajstić information content (AvgIpc) is 2.84. The highest BCUT2D eigenvalue weighted by atomic mass is 32.1. The van der Waals surface area contributed by atoms with Gasteiger partial charge in [-0.2, -0.15) is 0 Å². The van der Waals surface area contributed by atoms with Crippen molar-refractivity contribution in [3.63, 3.8) is 0 Å². The molecule has 1 atom stereocenters. The van der Waals surface area contributed by atoms with E-state index in [2.05, 4.69) is 49.4 Å². The number of rotatable bonds is 6. The molecule has 114 valence electrons. The van der Waals surface area contributed by atoms with E-state index in [-0.39, 0.29) is 0 Å². The molecule has 1 aromatic heterocycles. The summed E-state index contributed by atoms with van der Waals surface area (Å²) in [6.45, 7) is 14.1. The van der Waals surface area contributed by atoms with Crippen molar-refractivity contribution in [1.29, 1.82) is 0 Å². The largest absolute Gasteiger partial charge is 0.313 e. The Kier molecular flexibility index (Phi) is 5.65. The third kappa shape index (κ3) is 4.31. The van der Waals surface area contributed by atoms with Gasteiger partial charge in [-0.3, -0.25) is 4.90 Å². The topological polar surface area (TPSA) is 15.3 Å². The van der Waals surface area contributed by atoms with Crippen LogP contribution in [0.15, 0.2) is 11.4 Å². The summed E-state index contributed by atoms with van der Waals surface area (Å²) in [4.78, 5) is 4.24. The van der Waals surface area contributed by atoms with Gasteiger partial charge in [-0.1, -0.05) is 27.7 Å². The molecule has 0 bridgehead atoms. The molecule has 0 saturated carbocycles. The van der Waals surface area contributed by atoms with Gasteiger partial charge < -0.3 is 5.32 Å². The Morgan fingerprint density at radius 2 is 2.20 bits per heavy atom. The second-order valence-electron chi connectivity index (χ2n) is 7.06. The molecule has 0 radical (unpaired) electrons. The summed E-state index contributed by atoms with van der Waals surface area (Å²) >= 11 is 1.93. The van der Waals surface area contributed by atoms with Gasteiger partial charge in [0.1, 0.15) is 0 Å². The van der Waals surface area contributed by atoms with Gasteiger partial charge in [0.05, 0.1) is 0 Å². The van der Waals surface area contributed by atoms with E-state index in [4.69, 9.17) is 0 Å². The smallest absolute Gasteiger partial charge is 0.0244 e. The third-order valence-electron chi connectivity index (χ3n) is 4.31. The minimum Gasteiger partial charge on any atom is -0.313 e. The van der Waals surface area contributed by atoms with Crippen LogP contribution in [0, 0.1) is 5.41 Å². The maximum atomic E-state index is 3.74. The average molecular weight is 295 g/mol. The van der Waals surface area contributed by atoms with Gasteiger partial charge in [0, 0.05) is 24.0 Å². The van der Waals surface area contributed by atoms with Crippen molar-refractivity contribution < 1.29 is 0 Å². The number of fused-ring (bicyclic) bond motifs is 1. The number of nitrogens with one attached hydrogen (secondary N) is 1. The zero-order valence-corrected chi connectivity index (χ0v) is 14.4. The van der Waals surface area contributed by atoms with Gasteiger partial charge in [0.15, 0.2) is 0 Å². The van der Waals surface area contributed by atoms with Gasteiger partial charge in [-0.15, -0.1) is 11.3 Å². The SMILES string of the molecule is CCCNC(CCN1CCc2sccc2C1)C(C)(C)C. The molecule has 0 aliphatic carbocycles. The molecule has 0 fully saturated rings. The Labute approximate surface area is 128 Å². The molecule has 1 aliphatic rings. The van der Waals surface area contributed by atoms with Crippen LogP contribution in [0.4, 0.5) is 0 Å². The highest BCUT2D eigenvalue weighted by Gasteiger charge is 2.25. The first kappa shape index (κ1) is 16.0. The van der Waals surface area contributed by atoms with Crippen LogP contribution in [0.5, 0.6) is 0 Å². The van der Waals surface area contributed by atoms with Gasteiger partial charge >= 0.3 is 0 Å². The van der Waals surface area contributed by atoms with E-state index >= 15 is 0 Å². The second-order valence-corrected chi connectivity index (χ2v) is 8.06. The van der Waals surface area contributed by atoms with E-state index < -0.39 is 0 Å². The Bertz CT molecular complexity index is 405. The minimum atomic E-state index is 0.346. The Morgan fingerprint density at radius 3 is 2.90 bits per heavy atom. The van der Waals surface area contributed by atoms with Crippen LogP contribution in [0.1, 0.15) is 51.0 Å². The van der Waals surface area contributed by atoms with Crippen molar-refractivity contribution in [3.8, 4) is 0 Å². The first-order valence-electron chi connectivity index (χ1n) is 8.01. The second kappa shape index (κ2) is 7.06. The van der Waals surface area contributed by atoms with Crippen molar-refractivity contribution in [2.24, 2.45) is 5.41 Å². The van der Waals surface area contributed by atoms with E-state index in [0.717, 1.165) is 13.1 Å². The van der Waals surface area contributed by atoms with Crippen LogP contribution in [0.25, 0.3) is 0 Å². The summed E-state index contributed by atoms with van der Waals surface area (Å²) < 4.78 is 0. The van der Waals surface area contributed by atoms with Gasteiger partial charge in [-0.05, 0) is 54.8 Å². The number of nitrogens with zero attached hydrogens (tertiary/aromatic N) is 1. The predicted molar refractivity (Wildman–Crippen MR) is 89.5 cm³/mol. The quantitative estimate of drug-likeness (QED) is 0.855. The van der Waals surface area contributed by atoms with Crippen molar-refractivity contribution in [1.82, 2.24) is 10.2 Å². The van der Waals surface area contributed by atoms with Crippen molar-refractivity contribution >= 4 is 11.3 Å². The molecule has 20 heavy (non-hydrogen) atoms. The molecule has 1 N–H and O–H groups in total. The molecular weight excluding hydrogens is 264 g/mol. The van der Waals surface area contributed by atoms with E-state index in [1.807, 2.05) is 11.3 Å². The Hall–Kier alpha value is -0.380. The first-order valence-corrected chi connectivity index (χ1v) is 8.89. The highest BCUT2D eigenvalue weighted by molar-refractivity contribution is 7.10. The summed E-state index contributed by atoms with van der Waals surface area (Å²) in [5.41, 5.74) is 1.91. The molecule has 3 heteroatoms. The lowest BCUT2D eigenvalue weighted by atomic mass is 9.84. The fourth-order valence-electron chi connectivity index (χ4n) is 2.97. The monoisotopic (exact) mass is 294 g/mol. The van der Waals surface area contributed by atoms with E-state index in [0.29, 0.717) is 11.5 Å². The first-order chi connectivity index (χ1) is 9.50. The molecule has 0 spiro atoms. The molecule has 1 unspecified atom stereocenters. The summed E-state index contributed by atoms with van der Waals surface area (Å²) in [7, 11) is 0. The summed E-state index contributed by atoms with van der Waals surface area (Å²) in [5.74, 6) is 0. The van der Waals surface area contributed by atoms with Crippen LogP contribution in [0.2, 0.25) is 0 Å². The van der Waals surface area contributed by atoms with Crippen LogP contribution in [-0.4, -0.2) is 30.6 Å². The van der Waals surface area contributed by atoms with Crippen molar-refractivity contribution in [3.05, 3.63) is 21.9 Å². The van der Waals surface area contributed by atoms with E-state index in [9.17, 15) is 0 Å². The van der Waals surface area contributed by atoms with Crippen molar-refractivity contribution in [2.45, 2.75) is 59.5 Å². The molecule has 0 aromatic carbocycles. The van der Waals surface area contributed by atoms with Crippen LogP contribution in [0.3, 0.4) is 0 Å². The van der Waals surface area contributed by atoms with Crippen LogP contribution < -0.4 is 5.32 Å². The van der Waals surface area contributed by atoms with E-state index in [1.165, 1.54) is 32.4 Å². The lowest BCUT2D eigenvalue weighted by molar-refractivity contribution is 0.195. The molecule has 1 aromatic rings. The van der Waals surface area contributed by atoms with Crippen molar-refractivity contribution in [2.75, 3.05) is 19.6 Å². The zero-order chi connectivity index (χ0) is 14.6. The molecule has 0 saturated heterocycles. The van der Waals surface area contributed by atoms with E-state index in [1.54, 1.807) is 10.4 Å². The lowest BCUT2D eigenvalue weighted by Gasteiger charge is -2.34. The summed E-state index contributed by atoms with van der Waals surface area (Å²) in [6.07, 6.45) is 3.72. The predicted octanol–water partition coefficient (Wildman–Crippen LogP) is 3.91. The third-order valence-corrected chi connectivity index (χ3v) is 5.33. The fraction of sp³-hybridized carbons (Fsp3) is 0.765. The van der Waals surface area contributed by atoms with Gasteiger partial charge in [0.2, 0.25) is 0 Å². The van der Waals surface area contributed by atoms with Gasteiger partial charge in [-0.25, -0.2) is 0 Å². The Morgan fingerprint density at radius 1 is 1.40 bits per heavy atom. The van der Waals surface area contributed by atoms with Crippen LogP contribution >= 0.6 is 11.3 Å². The number of hydrogen-bond acceptors (Lipinski definition) is 3. The standard InChI is InChI=1S/C17H30N2S/c1-5-9-18-16(17(2,3)4)7-11-19-10-6-15-14(13-19)8-12-20-15/h8,12,16,18H,5-7,9-11,13H2,1-4H3. The fourth-order valence-corrected chi connectivity index (χ4v) is 3.86. The highest BCUT2D eigenvalue weighted by Crippen LogP contribution is 2.26. The maximum Gasteiger partial charge on any atom is 0.0244 e. The molecule has 1 aliphatic heterocycles. The van der Waals surface area contributed by atoms with Crippen LogP contribution in [-0.2, 0) is 13.0 Å². The lowest BCUT2D eigenvalue weighted by Crippen LogP contribution is -2.43. The number of thiophene rings is 1. The molecule has 2 heterocycles. The number of hydrogen-bond donors (Lipinski definition) is 1. The molecule has 0 amide bonds. The summed E-state index contributed by atoms with van der Waals surface area (Å²) in [6, 6.07) is 2.93. The molecule has 2 nitrogen and oxygen atoms in total. The Balaban J connectivity index is 1.84. The normalized spacial score (nSPS) is 18.0. The summed E-state index contributed by atoms with van der Waals surface area (Å²) in [5, 5.41) is 5.98. The zero-order valence-electron chi connectivity index (χ0n) is 13.5. The van der Waals surface area contributed by atoms with Gasteiger partial charge in [0.25, 0.3) is 0 Å². The molecule has 2 rings (SSSR count). The maximum absolute atomic E-state index is 3.74. The minimum absolute atomic E-state index is 0.346. The molecular formula is C17H30N2S.